The van der Waals surface area contributed by atoms with Crippen LogP contribution in [0, 0.1) is 5.92 Å². The second kappa shape index (κ2) is 6.49. The largest absolute Gasteiger partial charge is 0.389 e. The Kier molecular flexibility index (Phi) is 5.22. The quantitative estimate of drug-likeness (QED) is 0.678. The van der Waals surface area contributed by atoms with Crippen molar-refractivity contribution in [2.75, 3.05) is 20.1 Å². The maximum Gasteiger partial charge on any atom is 0.122 e. The van der Waals surface area contributed by atoms with Crippen molar-refractivity contribution >= 4 is 6.29 Å². The van der Waals surface area contributed by atoms with Crippen LogP contribution in [-0.2, 0) is 4.79 Å². The summed E-state index contributed by atoms with van der Waals surface area (Å²) >= 11 is 0. The lowest BCUT2D eigenvalue weighted by Crippen LogP contribution is -2.25. The van der Waals surface area contributed by atoms with Gasteiger partial charge in [0.25, 0.3) is 0 Å². The van der Waals surface area contributed by atoms with Gasteiger partial charge in [-0.25, -0.2) is 0 Å². The van der Waals surface area contributed by atoms with Gasteiger partial charge < -0.3 is 15.0 Å². The van der Waals surface area contributed by atoms with E-state index in [0.29, 0.717) is 0 Å². The van der Waals surface area contributed by atoms with Crippen LogP contribution < -0.4 is 5.32 Å². The SMILES string of the molecule is CC(C=O)CCCN(C)C1=CNCCC1. The Labute approximate surface area is 92.5 Å². The van der Waals surface area contributed by atoms with Crippen LogP contribution in [0.25, 0.3) is 0 Å². The molecule has 86 valence electrons. The van der Waals surface area contributed by atoms with Crippen LogP contribution in [0.1, 0.15) is 32.6 Å². The van der Waals surface area contributed by atoms with Crippen molar-refractivity contribution in [1.29, 1.82) is 0 Å². The topological polar surface area (TPSA) is 32.3 Å². The molecule has 1 atom stereocenters. The first-order valence-corrected chi connectivity index (χ1v) is 5.83. The number of carbonyl (C=O) groups excluding carboxylic acids is 1. The molecule has 1 aliphatic heterocycles. The molecule has 1 N–H and O–H groups in total. The van der Waals surface area contributed by atoms with Crippen LogP contribution in [0.3, 0.4) is 0 Å². The Morgan fingerprint density at radius 3 is 3.07 bits per heavy atom. The molecule has 0 aromatic carbocycles. The van der Waals surface area contributed by atoms with Crippen molar-refractivity contribution in [3.05, 3.63) is 11.9 Å². The molecule has 0 aromatic heterocycles. The molecule has 0 amide bonds. The van der Waals surface area contributed by atoms with E-state index in [4.69, 9.17) is 0 Å². The van der Waals surface area contributed by atoms with Crippen LogP contribution in [0.2, 0.25) is 0 Å². The van der Waals surface area contributed by atoms with Crippen molar-refractivity contribution in [3.63, 3.8) is 0 Å². The van der Waals surface area contributed by atoms with Crippen LogP contribution in [0.5, 0.6) is 0 Å². The molecule has 0 radical (unpaired) electrons. The normalized spacial score (nSPS) is 17.6. The molecule has 0 spiro atoms. The van der Waals surface area contributed by atoms with Gasteiger partial charge >= 0.3 is 0 Å². The van der Waals surface area contributed by atoms with Gasteiger partial charge in [0.1, 0.15) is 6.29 Å². The number of hydrogen-bond acceptors (Lipinski definition) is 3. The molecule has 15 heavy (non-hydrogen) atoms. The second-order valence-corrected chi connectivity index (χ2v) is 4.37. The zero-order chi connectivity index (χ0) is 11.1. The van der Waals surface area contributed by atoms with Crippen molar-refractivity contribution in [2.24, 2.45) is 5.92 Å². The zero-order valence-corrected chi connectivity index (χ0v) is 9.83. The molecule has 0 saturated heterocycles. The lowest BCUT2D eigenvalue weighted by Gasteiger charge is -2.25. The Morgan fingerprint density at radius 2 is 2.47 bits per heavy atom. The molecular weight excluding hydrogens is 188 g/mol. The van der Waals surface area contributed by atoms with Gasteiger partial charge in [0.15, 0.2) is 0 Å². The smallest absolute Gasteiger partial charge is 0.122 e. The van der Waals surface area contributed by atoms with E-state index in [2.05, 4.69) is 23.5 Å². The van der Waals surface area contributed by atoms with E-state index in [1.165, 1.54) is 18.5 Å². The zero-order valence-electron chi connectivity index (χ0n) is 9.83. The third-order valence-electron chi connectivity index (χ3n) is 2.90. The molecule has 1 aliphatic rings. The number of allylic oxidation sites excluding steroid dienone is 1. The average molecular weight is 210 g/mol. The lowest BCUT2D eigenvalue weighted by molar-refractivity contribution is -0.110. The molecular formula is C12H22N2O. The Bertz CT molecular complexity index is 226. The summed E-state index contributed by atoms with van der Waals surface area (Å²) in [6, 6.07) is 0. The first-order valence-electron chi connectivity index (χ1n) is 5.83. The summed E-state index contributed by atoms with van der Waals surface area (Å²) in [5.74, 6) is 0.205. The Balaban J connectivity index is 2.20. The number of hydrogen-bond donors (Lipinski definition) is 1. The predicted molar refractivity (Wildman–Crippen MR) is 62.4 cm³/mol. The van der Waals surface area contributed by atoms with Gasteiger partial charge in [-0.15, -0.1) is 0 Å². The number of aldehydes is 1. The molecule has 0 aliphatic carbocycles. The van der Waals surface area contributed by atoms with Gasteiger partial charge in [-0.2, -0.15) is 0 Å². The van der Waals surface area contributed by atoms with Crippen molar-refractivity contribution < 1.29 is 4.79 Å². The van der Waals surface area contributed by atoms with E-state index in [1.807, 2.05) is 6.92 Å². The highest BCUT2D eigenvalue weighted by Crippen LogP contribution is 2.13. The van der Waals surface area contributed by atoms with Gasteiger partial charge in [-0.3, -0.25) is 0 Å². The molecule has 0 fully saturated rings. The van der Waals surface area contributed by atoms with Crippen molar-refractivity contribution in [1.82, 2.24) is 10.2 Å². The summed E-state index contributed by atoms with van der Waals surface area (Å²) in [5, 5.41) is 3.27. The monoisotopic (exact) mass is 210 g/mol. The molecule has 1 rings (SSSR count). The van der Waals surface area contributed by atoms with Crippen LogP contribution in [0.4, 0.5) is 0 Å². The van der Waals surface area contributed by atoms with E-state index >= 15 is 0 Å². The molecule has 1 heterocycles. The fourth-order valence-electron chi connectivity index (χ4n) is 1.80. The van der Waals surface area contributed by atoms with Gasteiger partial charge in [-0.05, 0) is 25.7 Å². The third-order valence-corrected chi connectivity index (χ3v) is 2.90. The fraction of sp³-hybridized carbons (Fsp3) is 0.750. The van der Waals surface area contributed by atoms with Crippen molar-refractivity contribution in [3.8, 4) is 0 Å². The van der Waals surface area contributed by atoms with E-state index in [1.54, 1.807) is 0 Å². The van der Waals surface area contributed by atoms with E-state index < -0.39 is 0 Å². The van der Waals surface area contributed by atoms with E-state index in [0.717, 1.165) is 32.2 Å². The highest BCUT2D eigenvalue weighted by Gasteiger charge is 2.08. The third kappa shape index (κ3) is 4.36. The maximum absolute atomic E-state index is 10.4. The molecule has 0 bridgehead atoms. The summed E-state index contributed by atoms with van der Waals surface area (Å²) in [6.07, 6.45) is 7.64. The fourth-order valence-corrected chi connectivity index (χ4v) is 1.80. The summed E-state index contributed by atoms with van der Waals surface area (Å²) in [7, 11) is 2.13. The summed E-state index contributed by atoms with van der Waals surface area (Å²) in [5.41, 5.74) is 1.39. The number of carbonyl (C=O) groups is 1. The van der Waals surface area contributed by atoms with E-state index in [9.17, 15) is 4.79 Å². The molecule has 3 heteroatoms. The minimum atomic E-state index is 0.205. The second-order valence-electron chi connectivity index (χ2n) is 4.37. The minimum Gasteiger partial charge on any atom is -0.389 e. The maximum atomic E-state index is 10.4. The Hall–Kier alpha value is -0.990. The number of rotatable bonds is 6. The minimum absolute atomic E-state index is 0.205. The number of nitrogens with one attached hydrogen (secondary N) is 1. The summed E-state index contributed by atoms with van der Waals surface area (Å²) < 4.78 is 0. The van der Waals surface area contributed by atoms with Gasteiger partial charge in [0, 0.05) is 38.0 Å². The Morgan fingerprint density at radius 1 is 1.67 bits per heavy atom. The predicted octanol–water partition coefficient (Wildman–Crippen LogP) is 1.76. The van der Waals surface area contributed by atoms with Gasteiger partial charge in [0.2, 0.25) is 0 Å². The highest BCUT2D eigenvalue weighted by molar-refractivity contribution is 5.52. The molecule has 0 aromatic rings. The highest BCUT2D eigenvalue weighted by atomic mass is 16.1. The molecule has 0 saturated carbocycles. The standard InChI is InChI=1S/C12H22N2O/c1-11(10-15)5-4-8-14(2)12-6-3-7-13-9-12/h9-11,13H,3-8H2,1-2H3. The van der Waals surface area contributed by atoms with Crippen molar-refractivity contribution in [2.45, 2.75) is 32.6 Å². The van der Waals surface area contributed by atoms with Gasteiger partial charge in [-0.1, -0.05) is 6.92 Å². The van der Waals surface area contributed by atoms with Gasteiger partial charge in [0.05, 0.1) is 0 Å². The first kappa shape index (κ1) is 12.1. The average Bonchev–Trinajstić information content (AvgIpc) is 2.29. The number of nitrogens with zero attached hydrogens (tertiary/aromatic N) is 1. The van der Waals surface area contributed by atoms with Crippen LogP contribution in [0.15, 0.2) is 11.9 Å². The lowest BCUT2D eigenvalue weighted by atomic mass is 10.1. The molecule has 3 nitrogen and oxygen atoms in total. The first-order chi connectivity index (χ1) is 7.24. The van der Waals surface area contributed by atoms with Crippen LogP contribution in [-0.4, -0.2) is 31.3 Å². The van der Waals surface area contributed by atoms with E-state index in [-0.39, 0.29) is 5.92 Å². The van der Waals surface area contributed by atoms with Crippen LogP contribution >= 0.6 is 0 Å². The summed E-state index contributed by atoms with van der Waals surface area (Å²) in [6.45, 7) is 4.12. The summed E-state index contributed by atoms with van der Waals surface area (Å²) in [4.78, 5) is 12.7. The molecule has 1 unspecified atom stereocenters.